The van der Waals surface area contributed by atoms with Gasteiger partial charge in [0, 0.05) is 16.0 Å². The largest absolute Gasteiger partial charge is 0.249 e. The Morgan fingerprint density at radius 1 is 1.43 bits per heavy atom. The first-order valence-electron chi connectivity index (χ1n) is 4.58. The van der Waals surface area contributed by atoms with Crippen LogP contribution in [0.15, 0.2) is 27.0 Å². The van der Waals surface area contributed by atoms with Crippen LogP contribution in [0.3, 0.4) is 0 Å². The third-order valence-electron chi connectivity index (χ3n) is 2.37. The van der Waals surface area contributed by atoms with Gasteiger partial charge in [-0.2, -0.15) is 4.36 Å². The van der Waals surface area contributed by atoms with Gasteiger partial charge in [0.2, 0.25) is 0 Å². The molecule has 0 bridgehead atoms. The van der Waals surface area contributed by atoms with Crippen LogP contribution in [0.4, 0.5) is 5.69 Å². The Kier molecular flexibility index (Phi) is 2.66. The van der Waals surface area contributed by atoms with Gasteiger partial charge in [0.15, 0.2) is 0 Å². The number of rotatable bonds is 1. The van der Waals surface area contributed by atoms with E-state index in [0.717, 1.165) is 33.7 Å². The number of halogens is 1. The van der Waals surface area contributed by atoms with Crippen molar-refractivity contribution >= 4 is 31.3 Å². The summed E-state index contributed by atoms with van der Waals surface area (Å²) in [6.07, 6.45) is 1.05. The zero-order chi connectivity index (χ0) is 10.2. The van der Waals surface area contributed by atoms with Gasteiger partial charge in [-0.1, -0.05) is 12.1 Å². The summed E-state index contributed by atoms with van der Waals surface area (Å²) in [6.45, 7) is 1.99. The van der Waals surface area contributed by atoms with Gasteiger partial charge in [-0.05, 0) is 40.9 Å². The lowest BCUT2D eigenvalue weighted by molar-refractivity contribution is 0.663. The summed E-state index contributed by atoms with van der Waals surface area (Å²) in [4.78, 5) is 0. The van der Waals surface area contributed by atoms with Crippen molar-refractivity contribution in [3.8, 4) is 0 Å². The van der Waals surface area contributed by atoms with Gasteiger partial charge in [0.1, 0.15) is 0 Å². The van der Waals surface area contributed by atoms with E-state index >= 15 is 0 Å². The Bertz CT molecular complexity index is 445. The molecule has 0 radical (unpaired) electrons. The molecule has 14 heavy (non-hydrogen) atoms. The van der Waals surface area contributed by atoms with Crippen LogP contribution in [0.25, 0.3) is 0 Å². The summed E-state index contributed by atoms with van der Waals surface area (Å²) in [7, 11) is -1.89. The molecule has 1 fully saturated rings. The van der Waals surface area contributed by atoms with Gasteiger partial charge >= 0.3 is 0 Å². The van der Waals surface area contributed by atoms with E-state index in [9.17, 15) is 4.21 Å². The van der Waals surface area contributed by atoms with Crippen molar-refractivity contribution in [2.45, 2.75) is 13.3 Å². The molecule has 1 aliphatic rings. The molecule has 1 aliphatic heterocycles. The van der Waals surface area contributed by atoms with Gasteiger partial charge < -0.3 is 0 Å². The number of benzene rings is 1. The van der Waals surface area contributed by atoms with E-state index in [0.29, 0.717) is 0 Å². The molecule has 0 saturated carbocycles. The van der Waals surface area contributed by atoms with Gasteiger partial charge in [-0.15, -0.1) is 0 Å². The van der Waals surface area contributed by atoms with Crippen molar-refractivity contribution in [2.75, 3.05) is 11.5 Å². The molecule has 2 nitrogen and oxygen atoms in total. The molecule has 0 N–H and O–H groups in total. The van der Waals surface area contributed by atoms with Crippen molar-refractivity contribution in [3.63, 3.8) is 0 Å². The van der Waals surface area contributed by atoms with E-state index in [1.165, 1.54) is 0 Å². The zero-order valence-corrected chi connectivity index (χ0v) is 10.4. The maximum atomic E-state index is 11.9. The maximum Gasteiger partial charge on any atom is 0.0901 e. The average Bonchev–Trinajstić information content (AvgIpc) is 2.09. The lowest BCUT2D eigenvalue weighted by atomic mass is 10.2. The normalized spacial score (nSPS) is 18.7. The number of nitrogens with zero attached hydrogens (tertiary/aromatic N) is 1. The molecule has 1 saturated heterocycles. The van der Waals surface area contributed by atoms with E-state index in [1.54, 1.807) is 0 Å². The van der Waals surface area contributed by atoms with Crippen molar-refractivity contribution in [2.24, 2.45) is 4.36 Å². The molecule has 1 aromatic carbocycles. The van der Waals surface area contributed by atoms with Gasteiger partial charge in [-0.3, -0.25) is 0 Å². The topological polar surface area (TPSA) is 29.4 Å². The van der Waals surface area contributed by atoms with Crippen LogP contribution < -0.4 is 0 Å². The molecule has 1 aromatic rings. The zero-order valence-electron chi connectivity index (χ0n) is 8.00. The second-order valence-electron chi connectivity index (χ2n) is 3.53. The first-order chi connectivity index (χ1) is 6.61. The molecule has 0 spiro atoms. The first-order valence-corrected chi connectivity index (χ1v) is 7.23. The van der Waals surface area contributed by atoms with Crippen LogP contribution in [0, 0.1) is 6.92 Å². The molecule has 4 heteroatoms. The highest BCUT2D eigenvalue weighted by atomic mass is 79.9. The van der Waals surface area contributed by atoms with Gasteiger partial charge in [-0.25, -0.2) is 4.21 Å². The van der Waals surface area contributed by atoms with E-state index in [1.807, 2.05) is 25.1 Å². The second kappa shape index (κ2) is 3.66. The summed E-state index contributed by atoms with van der Waals surface area (Å²) in [5.74, 6) is 1.52. The number of hydrogen-bond donors (Lipinski definition) is 0. The molecule has 2 rings (SSSR count). The molecule has 0 amide bonds. The average molecular weight is 274 g/mol. The fourth-order valence-corrected chi connectivity index (χ4v) is 3.60. The van der Waals surface area contributed by atoms with Crippen LogP contribution >= 0.6 is 15.9 Å². The van der Waals surface area contributed by atoms with Crippen LogP contribution in [0.5, 0.6) is 0 Å². The molecule has 0 atom stereocenters. The van der Waals surface area contributed by atoms with Crippen molar-refractivity contribution in [1.29, 1.82) is 0 Å². The van der Waals surface area contributed by atoms with Crippen LogP contribution in [-0.4, -0.2) is 15.7 Å². The quantitative estimate of drug-likeness (QED) is 0.772. The molecule has 1 heterocycles. The second-order valence-corrected chi connectivity index (χ2v) is 6.93. The number of aryl methyl sites for hydroxylation is 1. The Balaban J connectivity index is 2.52. The molecule has 0 unspecified atom stereocenters. The third kappa shape index (κ3) is 1.86. The molecular formula is C10H12BrNOS. The maximum absolute atomic E-state index is 11.9. The van der Waals surface area contributed by atoms with E-state index in [2.05, 4.69) is 20.3 Å². The monoisotopic (exact) mass is 273 g/mol. The fraction of sp³-hybridized carbons (Fsp3) is 0.400. The van der Waals surface area contributed by atoms with Crippen molar-refractivity contribution in [3.05, 3.63) is 28.2 Å². The standard InChI is InChI=1S/C10H12BrNOS/c1-8-4-2-5-9(11)10(8)12-14(13)6-3-7-14/h2,4-5H,3,6-7H2,1H3. The van der Waals surface area contributed by atoms with Crippen LogP contribution in [-0.2, 0) is 9.73 Å². The van der Waals surface area contributed by atoms with Crippen molar-refractivity contribution < 1.29 is 4.21 Å². The molecule has 0 aromatic heterocycles. The first kappa shape index (κ1) is 10.2. The lowest BCUT2D eigenvalue weighted by Gasteiger charge is -2.18. The Morgan fingerprint density at radius 2 is 2.14 bits per heavy atom. The smallest absolute Gasteiger partial charge is 0.0901 e. The van der Waals surface area contributed by atoms with E-state index < -0.39 is 9.73 Å². The summed E-state index contributed by atoms with van der Waals surface area (Å²) in [5.41, 5.74) is 1.94. The summed E-state index contributed by atoms with van der Waals surface area (Å²) < 4.78 is 17.2. The van der Waals surface area contributed by atoms with Crippen LogP contribution in [0.1, 0.15) is 12.0 Å². The highest BCUT2D eigenvalue weighted by Gasteiger charge is 2.20. The predicted octanol–water partition coefficient (Wildman–Crippen LogP) is 3.26. The van der Waals surface area contributed by atoms with Gasteiger partial charge in [0.25, 0.3) is 0 Å². The minimum atomic E-state index is -1.89. The molecule has 0 aliphatic carbocycles. The Labute approximate surface area is 93.0 Å². The summed E-state index contributed by atoms with van der Waals surface area (Å²) in [5, 5.41) is 0. The van der Waals surface area contributed by atoms with Crippen molar-refractivity contribution in [1.82, 2.24) is 0 Å². The fourth-order valence-electron chi connectivity index (χ4n) is 1.39. The highest BCUT2D eigenvalue weighted by molar-refractivity contribution is 9.10. The predicted molar refractivity (Wildman–Crippen MR) is 63.5 cm³/mol. The lowest BCUT2D eigenvalue weighted by Crippen LogP contribution is -2.23. The summed E-state index contributed by atoms with van der Waals surface area (Å²) >= 11 is 3.43. The molecular weight excluding hydrogens is 262 g/mol. The minimum Gasteiger partial charge on any atom is -0.249 e. The van der Waals surface area contributed by atoms with Crippen LogP contribution in [0.2, 0.25) is 0 Å². The minimum absolute atomic E-state index is 0.758. The summed E-state index contributed by atoms with van der Waals surface area (Å²) in [6, 6.07) is 5.89. The van der Waals surface area contributed by atoms with E-state index in [-0.39, 0.29) is 0 Å². The third-order valence-corrected chi connectivity index (χ3v) is 5.38. The Morgan fingerprint density at radius 3 is 2.64 bits per heavy atom. The highest BCUT2D eigenvalue weighted by Crippen LogP contribution is 2.31. The Hall–Kier alpha value is -0.350. The van der Waals surface area contributed by atoms with E-state index in [4.69, 9.17) is 0 Å². The van der Waals surface area contributed by atoms with Gasteiger partial charge in [0.05, 0.1) is 15.4 Å². The SMILES string of the molecule is Cc1cccc(Br)c1N=S1(=O)CCC1. The number of hydrogen-bond acceptors (Lipinski definition) is 2. The molecule has 76 valence electrons.